The van der Waals surface area contributed by atoms with E-state index in [-0.39, 0.29) is 26.4 Å². The van der Waals surface area contributed by atoms with Gasteiger partial charge in [-0.25, -0.2) is 0 Å². The van der Waals surface area contributed by atoms with Crippen LogP contribution in [0.25, 0.3) is 0 Å². The molecule has 0 fully saturated rings. The first-order chi connectivity index (χ1) is 7.29. The molecule has 1 aromatic rings. The van der Waals surface area contributed by atoms with Crippen LogP contribution < -0.4 is 9.47 Å². The fraction of sp³-hybridized carbons (Fsp3) is 0.400. The van der Waals surface area contributed by atoms with Crippen LogP contribution in [0.15, 0.2) is 18.2 Å². The maximum absolute atomic E-state index is 8.68. The smallest absolute Gasteiger partial charge is 0.174 e. The van der Waals surface area contributed by atoms with Crippen LogP contribution in [0.2, 0.25) is 0 Å². The lowest BCUT2D eigenvalue weighted by Gasteiger charge is -2.12. The van der Waals surface area contributed by atoms with Crippen LogP contribution in [-0.4, -0.2) is 36.6 Å². The van der Waals surface area contributed by atoms with E-state index in [0.717, 1.165) is 3.57 Å². The SMILES string of the molecule is OCCOc1cccc(I)c1OCCO. The highest BCUT2D eigenvalue weighted by molar-refractivity contribution is 14.1. The summed E-state index contributed by atoms with van der Waals surface area (Å²) in [6, 6.07) is 5.50. The van der Waals surface area contributed by atoms with Gasteiger partial charge < -0.3 is 19.7 Å². The van der Waals surface area contributed by atoms with E-state index in [9.17, 15) is 0 Å². The molecule has 0 unspecified atom stereocenters. The van der Waals surface area contributed by atoms with Gasteiger partial charge in [0.05, 0.1) is 16.8 Å². The molecule has 84 valence electrons. The monoisotopic (exact) mass is 324 g/mol. The summed E-state index contributed by atoms with van der Waals surface area (Å²) in [6.07, 6.45) is 0. The van der Waals surface area contributed by atoms with Crippen LogP contribution in [0.4, 0.5) is 0 Å². The van der Waals surface area contributed by atoms with Crippen molar-refractivity contribution in [3.63, 3.8) is 0 Å². The van der Waals surface area contributed by atoms with E-state index in [1.807, 2.05) is 12.1 Å². The Morgan fingerprint density at radius 1 is 1.07 bits per heavy atom. The van der Waals surface area contributed by atoms with Crippen LogP contribution in [0.5, 0.6) is 11.5 Å². The van der Waals surface area contributed by atoms with Gasteiger partial charge in [-0.15, -0.1) is 0 Å². The molecule has 0 saturated carbocycles. The Morgan fingerprint density at radius 2 is 1.73 bits per heavy atom. The summed E-state index contributed by atoms with van der Waals surface area (Å²) in [5.74, 6) is 1.20. The third kappa shape index (κ3) is 3.84. The highest BCUT2D eigenvalue weighted by Crippen LogP contribution is 2.32. The van der Waals surface area contributed by atoms with Crippen molar-refractivity contribution < 1.29 is 19.7 Å². The van der Waals surface area contributed by atoms with E-state index >= 15 is 0 Å². The van der Waals surface area contributed by atoms with Gasteiger partial charge in [0.1, 0.15) is 13.2 Å². The molecular formula is C10H13IO4. The third-order valence-electron chi connectivity index (χ3n) is 1.62. The zero-order valence-corrected chi connectivity index (χ0v) is 10.3. The standard InChI is InChI=1S/C10H13IO4/c11-8-2-1-3-9(14-6-4-12)10(8)15-7-5-13/h1-3,12-13H,4-7H2. The largest absolute Gasteiger partial charge is 0.487 e. The summed E-state index contributed by atoms with van der Waals surface area (Å²) >= 11 is 2.13. The van der Waals surface area contributed by atoms with Gasteiger partial charge in [0.25, 0.3) is 0 Å². The Hall–Kier alpha value is -0.530. The summed E-state index contributed by atoms with van der Waals surface area (Å²) in [5.41, 5.74) is 0. The number of ether oxygens (including phenoxy) is 2. The van der Waals surface area contributed by atoms with E-state index in [1.54, 1.807) is 6.07 Å². The van der Waals surface area contributed by atoms with Crippen molar-refractivity contribution in [3.8, 4) is 11.5 Å². The maximum Gasteiger partial charge on any atom is 0.174 e. The van der Waals surface area contributed by atoms with E-state index in [1.165, 1.54) is 0 Å². The lowest BCUT2D eigenvalue weighted by molar-refractivity contribution is 0.177. The first-order valence-corrected chi connectivity index (χ1v) is 5.63. The third-order valence-corrected chi connectivity index (χ3v) is 2.47. The van der Waals surface area contributed by atoms with Gasteiger partial charge in [0, 0.05) is 0 Å². The fourth-order valence-corrected chi connectivity index (χ4v) is 1.68. The molecule has 2 N–H and O–H groups in total. The molecule has 15 heavy (non-hydrogen) atoms. The number of hydrogen-bond donors (Lipinski definition) is 2. The molecule has 1 rings (SSSR count). The highest BCUT2D eigenvalue weighted by Gasteiger charge is 2.08. The van der Waals surface area contributed by atoms with Gasteiger partial charge in [0.2, 0.25) is 0 Å². The van der Waals surface area contributed by atoms with Crippen molar-refractivity contribution in [3.05, 3.63) is 21.8 Å². The van der Waals surface area contributed by atoms with Gasteiger partial charge in [-0.05, 0) is 34.7 Å². The van der Waals surface area contributed by atoms with Crippen molar-refractivity contribution in [2.45, 2.75) is 0 Å². The summed E-state index contributed by atoms with van der Waals surface area (Å²) in [6.45, 7) is 0.389. The van der Waals surface area contributed by atoms with Crippen molar-refractivity contribution in [1.29, 1.82) is 0 Å². The summed E-state index contributed by atoms with van der Waals surface area (Å²) < 4.78 is 11.6. The zero-order valence-electron chi connectivity index (χ0n) is 8.15. The fourth-order valence-electron chi connectivity index (χ4n) is 1.05. The minimum atomic E-state index is -0.0373. The van der Waals surface area contributed by atoms with Gasteiger partial charge >= 0.3 is 0 Å². The predicted molar refractivity (Wildman–Crippen MR) is 64.3 cm³/mol. The van der Waals surface area contributed by atoms with E-state index in [0.29, 0.717) is 11.5 Å². The number of aliphatic hydroxyl groups excluding tert-OH is 2. The topological polar surface area (TPSA) is 58.9 Å². The normalized spacial score (nSPS) is 10.1. The van der Waals surface area contributed by atoms with Crippen molar-refractivity contribution in [1.82, 2.24) is 0 Å². The average Bonchev–Trinajstić information content (AvgIpc) is 2.25. The number of benzene rings is 1. The number of halogens is 1. The lowest BCUT2D eigenvalue weighted by atomic mass is 10.3. The minimum absolute atomic E-state index is 0.0368. The highest BCUT2D eigenvalue weighted by atomic mass is 127. The molecule has 0 radical (unpaired) electrons. The van der Waals surface area contributed by atoms with Gasteiger partial charge in [0.15, 0.2) is 11.5 Å². The Kier molecular flexibility index (Phi) is 5.74. The van der Waals surface area contributed by atoms with Crippen LogP contribution in [0, 0.1) is 3.57 Å². The molecule has 0 atom stereocenters. The van der Waals surface area contributed by atoms with Gasteiger partial charge in [-0.3, -0.25) is 0 Å². The van der Waals surface area contributed by atoms with Crippen LogP contribution >= 0.6 is 22.6 Å². The molecule has 0 aliphatic carbocycles. The Labute approximate surface area is 102 Å². The van der Waals surface area contributed by atoms with E-state index < -0.39 is 0 Å². The number of para-hydroxylation sites is 1. The van der Waals surface area contributed by atoms with Gasteiger partial charge in [-0.2, -0.15) is 0 Å². The molecule has 0 aromatic heterocycles. The summed E-state index contributed by atoms with van der Waals surface area (Å²) in [5, 5.41) is 17.3. The Bertz CT molecular complexity index is 303. The number of hydrogen-bond acceptors (Lipinski definition) is 4. The summed E-state index contributed by atoms with van der Waals surface area (Å²) in [7, 11) is 0. The van der Waals surface area contributed by atoms with Crippen LogP contribution in [0.1, 0.15) is 0 Å². The number of rotatable bonds is 6. The lowest BCUT2D eigenvalue weighted by Crippen LogP contribution is -2.07. The second-order valence-electron chi connectivity index (χ2n) is 2.71. The first-order valence-electron chi connectivity index (χ1n) is 4.55. The second kappa shape index (κ2) is 6.86. The summed E-state index contributed by atoms with van der Waals surface area (Å²) in [4.78, 5) is 0. The van der Waals surface area contributed by atoms with Crippen molar-refractivity contribution in [2.24, 2.45) is 0 Å². The molecular weight excluding hydrogens is 311 g/mol. The average molecular weight is 324 g/mol. The molecule has 4 nitrogen and oxygen atoms in total. The second-order valence-corrected chi connectivity index (χ2v) is 3.87. The molecule has 0 heterocycles. The quantitative estimate of drug-likeness (QED) is 0.768. The maximum atomic E-state index is 8.68. The molecule has 0 aliphatic heterocycles. The molecule has 0 bridgehead atoms. The number of aliphatic hydroxyl groups is 2. The van der Waals surface area contributed by atoms with Crippen molar-refractivity contribution in [2.75, 3.05) is 26.4 Å². The predicted octanol–water partition coefficient (Wildman–Crippen LogP) is 1.03. The molecule has 1 aromatic carbocycles. The Morgan fingerprint density at radius 3 is 2.40 bits per heavy atom. The van der Waals surface area contributed by atoms with Crippen molar-refractivity contribution >= 4 is 22.6 Å². The van der Waals surface area contributed by atoms with E-state index in [4.69, 9.17) is 19.7 Å². The molecule has 0 aliphatic rings. The zero-order chi connectivity index (χ0) is 11.1. The minimum Gasteiger partial charge on any atom is -0.487 e. The van der Waals surface area contributed by atoms with E-state index in [2.05, 4.69) is 22.6 Å². The molecule has 0 saturated heterocycles. The van der Waals surface area contributed by atoms with Crippen LogP contribution in [0.3, 0.4) is 0 Å². The van der Waals surface area contributed by atoms with Crippen LogP contribution in [-0.2, 0) is 0 Å². The molecule has 0 amide bonds. The molecule has 0 spiro atoms. The first kappa shape index (κ1) is 12.5. The van der Waals surface area contributed by atoms with Gasteiger partial charge in [-0.1, -0.05) is 6.07 Å². The Balaban J connectivity index is 2.77. The molecule has 5 heteroatoms.